The van der Waals surface area contributed by atoms with Gasteiger partial charge >= 0.3 is 0 Å². The monoisotopic (exact) mass is 313 g/mol. The van der Waals surface area contributed by atoms with E-state index < -0.39 is 0 Å². The molecule has 0 atom stereocenters. The molecule has 0 saturated heterocycles. The molecule has 6 heteroatoms. The van der Waals surface area contributed by atoms with E-state index in [0.717, 1.165) is 11.3 Å². The topological polar surface area (TPSA) is 66.0 Å². The lowest BCUT2D eigenvalue weighted by atomic mass is 10.1. The Balaban J connectivity index is 1.44. The largest absolute Gasteiger partial charge is 0.486 e. The van der Waals surface area contributed by atoms with E-state index in [1.165, 1.54) is 0 Å². The lowest BCUT2D eigenvalue weighted by Gasteiger charge is -2.18. The number of anilines is 1. The molecule has 1 N–H and O–H groups in total. The van der Waals surface area contributed by atoms with Crippen LogP contribution in [-0.2, 0) is 11.2 Å². The number of hydrogen-bond acceptors (Lipinski definition) is 5. The molecule has 4 rings (SSSR count). The second-order valence-electron chi connectivity index (χ2n) is 5.27. The minimum atomic E-state index is -0.111. The number of nitrogens with one attached hydrogen (secondary N) is 1. The highest BCUT2D eigenvalue weighted by atomic mass is 16.7. The van der Waals surface area contributed by atoms with Crippen LogP contribution < -0.4 is 24.3 Å². The number of carbonyl (C=O) groups excluding carboxylic acids is 1. The van der Waals surface area contributed by atoms with Crippen LogP contribution in [0.15, 0.2) is 36.4 Å². The summed E-state index contributed by atoms with van der Waals surface area (Å²) in [6.07, 6.45) is 0.255. The molecular formula is C17H15NO5. The Morgan fingerprint density at radius 2 is 1.57 bits per heavy atom. The van der Waals surface area contributed by atoms with Crippen LogP contribution >= 0.6 is 0 Å². The summed E-state index contributed by atoms with van der Waals surface area (Å²) in [5.74, 6) is 2.62. The third-order valence-corrected chi connectivity index (χ3v) is 3.63. The molecule has 2 aliphatic heterocycles. The van der Waals surface area contributed by atoms with Gasteiger partial charge in [-0.2, -0.15) is 0 Å². The summed E-state index contributed by atoms with van der Waals surface area (Å²) in [6, 6.07) is 10.9. The molecule has 6 nitrogen and oxygen atoms in total. The van der Waals surface area contributed by atoms with Gasteiger partial charge in [0.1, 0.15) is 13.2 Å². The van der Waals surface area contributed by atoms with Crippen LogP contribution in [0, 0.1) is 0 Å². The number of benzene rings is 2. The highest BCUT2D eigenvalue weighted by Gasteiger charge is 2.15. The number of rotatable bonds is 3. The SMILES string of the molecule is O=C(Cc1ccc2c(c1)OCCO2)Nc1ccc2c(c1)OCO2. The van der Waals surface area contributed by atoms with Crippen molar-refractivity contribution in [3.05, 3.63) is 42.0 Å². The second-order valence-corrected chi connectivity index (χ2v) is 5.27. The summed E-state index contributed by atoms with van der Waals surface area (Å²) in [6.45, 7) is 1.29. The quantitative estimate of drug-likeness (QED) is 0.942. The van der Waals surface area contributed by atoms with E-state index in [9.17, 15) is 4.79 Å². The smallest absolute Gasteiger partial charge is 0.231 e. The fourth-order valence-electron chi connectivity index (χ4n) is 2.56. The molecule has 23 heavy (non-hydrogen) atoms. The zero-order chi connectivity index (χ0) is 15.6. The second kappa shape index (κ2) is 5.72. The maximum atomic E-state index is 12.2. The molecule has 0 fully saturated rings. The molecule has 2 aromatic rings. The van der Waals surface area contributed by atoms with Crippen LogP contribution in [0.25, 0.3) is 0 Å². The van der Waals surface area contributed by atoms with Crippen molar-refractivity contribution in [2.75, 3.05) is 25.3 Å². The van der Waals surface area contributed by atoms with Gasteiger partial charge in [0.15, 0.2) is 23.0 Å². The van der Waals surface area contributed by atoms with Gasteiger partial charge in [0.05, 0.1) is 6.42 Å². The van der Waals surface area contributed by atoms with Gasteiger partial charge in [-0.25, -0.2) is 0 Å². The number of carbonyl (C=O) groups is 1. The van der Waals surface area contributed by atoms with Gasteiger partial charge in [-0.05, 0) is 29.8 Å². The molecule has 2 aliphatic rings. The van der Waals surface area contributed by atoms with E-state index in [0.29, 0.717) is 36.1 Å². The highest BCUT2D eigenvalue weighted by Crippen LogP contribution is 2.34. The third-order valence-electron chi connectivity index (χ3n) is 3.63. The van der Waals surface area contributed by atoms with Gasteiger partial charge in [0.25, 0.3) is 0 Å². The van der Waals surface area contributed by atoms with Crippen LogP contribution in [-0.4, -0.2) is 25.9 Å². The van der Waals surface area contributed by atoms with Crippen molar-refractivity contribution in [2.45, 2.75) is 6.42 Å². The Kier molecular flexibility index (Phi) is 3.42. The van der Waals surface area contributed by atoms with Crippen molar-refractivity contribution >= 4 is 11.6 Å². The lowest BCUT2D eigenvalue weighted by Crippen LogP contribution is -2.17. The van der Waals surface area contributed by atoms with Crippen molar-refractivity contribution in [3.63, 3.8) is 0 Å². The van der Waals surface area contributed by atoms with E-state index in [4.69, 9.17) is 18.9 Å². The molecule has 0 spiro atoms. The Labute approximate surface area is 132 Å². The predicted octanol–water partition coefficient (Wildman–Crippen LogP) is 2.37. The molecule has 0 bridgehead atoms. The van der Waals surface area contributed by atoms with Crippen LogP contribution in [0.5, 0.6) is 23.0 Å². The first-order chi connectivity index (χ1) is 11.3. The molecular weight excluding hydrogens is 298 g/mol. The van der Waals surface area contributed by atoms with Gasteiger partial charge in [-0.1, -0.05) is 6.07 Å². The van der Waals surface area contributed by atoms with E-state index in [-0.39, 0.29) is 19.1 Å². The summed E-state index contributed by atoms with van der Waals surface area (Å²) in [5, 5.41) is 2.85. The van der Waals surface area contributed by atoms with Crippen LogP contribution in [0.3, 0.4) is 0 Å². The fraction of sp³-hybridized carbons (Fsp3) is 0.235. The van der Waals surface area contributed by atoms with E-state index in [2.05, 4.69) is 5.32 Å². The zero-order valence-electron chi connectivity index (χ0n) is 12.3. The highest BCUT2D eigenvalue weighted by molar-refractivity contribution is 5.92. The molecule has 1 amide bonds. The maximum Gasteiger partial charge on any atom is 0.231 e. The number of fused-ring (bicyclic) bond motifs is 2. The summed E-state index contributed by atoms with van der Waals surface area (Å²) in [4.78, 5) is 12.2. The Morgan fingerprint density at radius 1 is 0.870 bits per heavy atom. The van der Waals surface area contributed by atoms with E-state index in [1.54, 1.807) is 18.2 Å². The molecule has 2 heterocycles. The summed E-state index contributed by atoms with van der Waals surface area (Å²) in [7, 11) is 0. The van der Waals surface area contributed by atoms with Crippen molar-refractivity contribution in [2.24, 2.45) is 0 Å². The molecule has 118 valence electrons. The van der Waals surface area contributed by atoms with Gasteiger partial charge in [0.2, 0.25) is 12.7 Å². The van der Waals surface area contributed by atoms with Gasteiger partial charge < -0.3 is 24.3 Å². The average molecular weight is 313 g/mol. The van der Waals surface area contributed by atoms with E-state index in [1.807, 2.05) is 18.2 Å². The zero-order valence-corrected chi connectivity index (χ0v) is 12.3. The molecule has 0 aromatic heterocycles. The Hall–Kier alpha value is -2.89. The normalized spacial score (nSPS) is 14.4. The van der Waals surface area contributed by atoms with Crippen LogP contribution in [0.4, 0.5) is 5.69 Å². The van der Waals surface area contributed by atoms with Crippen molar-refractivity contribution < 1.29 is 23.7 Å². The van der Waals surface area contributed by atoms with Crippen molar-refractivity contribution in [3.8, 4) is 23.0 Å². The molecule has 0 aliphatic carbocycles. The molecule has 2 aromatic carbocycles. The van der Waals surface area contributed by atoms with Crippen LogP contribution in [0.2, 0.25) is 0 Å². The van der Waals surface area contributed by atoms with Crippen molar-refractivity contribution in [1.82, 2.24) is 0 Å². The van der Waals surface area contributed by atoms with Gasteiger partial charge in [0, 0.05) is 11.8 Å². The van der Waals surface area contributed by atoms with Gasteiger partial charge in [-0.3, -0.25) is 4.79 Å². The number of amides is 1. The fourth-order valence-corrected chi connectivity index (χ4v) is 2.56. The maximum absolute atomic E-state index is 12.2. The minimum absolute atomic E-state index is 0.111. The Bertz CT molecular complexity index is 759. The minimum Gasteiger partial charge on any atom is -0.486 e. The lowest BCUT2D eigenvalue weighted by molar-refractivity contribution is -0.115. The van der Waals surface area contributed by atoms with Crippen molar-refractivity contribution in [1.29, 1.82) is 0 Å². The third kappa shape index (κ3) is 2.88. The molecule has 0 radical (unpaired) electrons. The standard InChI is InChI=1S/C17H15NO5/c19-17(18-12-2-4-14-16(9-12)23-10-22-14)8-11-1-3-13-15(7-11)21-6-5-20-13/h1-4,7,9H,5-6,8,10H2,(H,18,19). The predicted molar refractivity (Wildman–Crippen MR) is 82.3 cm³/mol. The first kappa shape index (κ1) is 13.8. The summed E-state index contributed by atoms with van der Waals surface area (Å²) < 4.78 is 21.5. The average Bonchev–Trinajstić information content (AvgIpc) is 3.02. The first-order valence-corrected chi connectivity index (χ1v) is 7.36. The molecule has 0 unspecified atom stereocenters. The summed E-state index contributed by atoms with van der Waals surface area (Å²) in [5.41, 5.74) is 1.55. The Morgan fingerprint density at radius 3 is 2.48 bits per heavy atom. The van der Waals surface area contributed by atoms with Gasteiger partial charge in [-0.15, -0.1) is 0 Å². The molecule has 0 saturated carbocycles. The first-order valence-electron chi connectivity index (χ1n) is 7.36. The summed E-state index contributed by atoms with van der Waals surface area (Å²) >= 11 is 0. The number of ether oxygens (including phenoxy) is 4. The van der Waals surface area contributed by atoms with Crippen LogP contribution in [0.1, 0.15) is 5.56 Å². The van der Waals surface area contributed by atoms with E-state index >= 15 is 0 Å². The number of hydrogen-bond donors (Lipinski definition) is 1.